The normalized spacial score (nSPS) is 15.1. The van der Waals surface area contributed by atoms with Crippen LogP contribution in [0.2, 0.25) is 0 Å². The highest BCUT2D eigenvalue weighted by atomic mass is 16.2. The van der Waals surface area contributed by atoms with Crippen molar-refractivity contribution in [2.45, 2.75) is 38.9 Å². The van der Waals surface area contributed by atoms with Crippen LogP contribution in [0, 0.1) is 0 Å². The van der Waals surface area contributed by atoms with Gasteiger partial charge in [-0.15, -0.1) is 5.10 Å². The van der Waals surface area contributed by atoms with E-state index in [1.807, 2.05) is 6.92 Å². The van der Waals surface area contributed by atoms with E-state index in [-0.39, 0.29) is 12.5 Å². The van der Waals surface area contributed by atoms with Gasteiger partial charge in [-0.1, -0.05) is 12.1 Å². The highest BCUT2D eigenvalue weighted by Gasteiger charge is 2.23. The molecule has 1 aromatic rings. The quantitative estimate of drug-likeness (QED) is 0.692. The molecule has 1 aliphatic rings. The minimum Gasteiger partial charge on any atom is -0.352 e. The van der Waals surface area contributed by atoms with Crippen molar-refractivity contribution in [1.82, 2.24) is 25.6 Å². The van der Waals surface area contributed by atoms with E-state index >= 15 is 0 Å². The minimum absolute atomic E-state index is 0.0161. The average molecular weight is 223 g/mol. The maximum Gasteiger partial charge on any atom is 0.242 e. The molecule has 0 radical (unpaired) electrons. The lowest BCUT2D eigenvalue weighted by Gasteiger charge is -2.01. The molecule has 0 atom stereocenters. The number of carbonyl (C=O) groups excluding carboxylic acids is 1. The van der Waals surface area contributed by atoms with Gasteiger partial charge in [-0.3, -0.25) is 4.79 Å². The maximum atomic E-state index is 11.5. The third kappa shape index (κ3) is 3.30. The molecule has 0 aliphatic heterocycles. The van der Waals surface area contributed by atoms with E-state index in [9.17, 15) is 4.79 Å². The van der Waals surface area contributed by atoms with Crippen molar-refractivity contribution in [1.29, 1.82) is 0 Å². The third-order valence-corrected chi connectivity index (χ3v) is 2.39. The first-order valence-electron chi connectivity index (χ1n) is 5.67. The summed E-state index contributed by atoms with van der Waals surface area (Å²) in [5.41, 5.74) is 0.862. The highest BCUT2D eigenvalue weighted by molar-refractivity contribution is 5.76. The van der Waals surface area contributed by atoms with Gasteiger partial charge < -0.3 is 10.6 Å². The Morgan fingerprint density at radius 1 is 1.62 bits per heavy atom. The van der Waals surface area contributed by atoms with Crippen molar-refractivity contribution in [2.24, 2.45) is 0 Å². The molecule has 1 aromatic heterocycles. The summed E-state index contributed by atoms with van der Waals surface area (Å²) in [4.78, 5) is 11.5. The van der Waals surface area contributed by atoms with Crippen LogP contribution in [0.1, 0.15) is 25.5 Å². The molecule has 1 fully saturated rings. The van der Waals surface area contributed by atoms with Gasteiger partial charge in [-0.05, 0) is 19.4 Å². The van der Waals surface area contributed by atoms with Crippen molar-refractivity contribution in [3.8, 4) is 0 Å². The fourth-order valence-electron chi connectivity index (χ4n) is 1.40. The Balaban J connectivity index is 1.79. The second-order valence-electron chi connectivity index (χ2n) is 4.03. The van der Waals surface area contributed by atoms with Crippen LogP contribution in [0.3, 0.4) is 0 Å². The summed E-state index contributed by atoms with van der Waals surface area (Å²) in [6.45, 7) is 3.89. The largest absolute Gasteiger partial charge is 0.352 e. The van der Waals surface area contributed by atoms with Gasteiger partial charge in [0.25, 0.3) is 0 Å². The summed E-state index contributed by atoms with van der Waals surface area (Å²) < 4.78 is 1.57. The van der Waals surface area contributed by atoms with E-state index in [1.165, 1.54) is 0 Å². The number of carbonyl (C=O) groups is 1. The van der Waals surface area contributed by atoms with Crippen molar-refractivity contribution >= 4 is 5.91 Å². The lowest BCUT2D eigenvalue weighted by Crippen LogP contribution is -2.29. The van der Waals surface area contributed by atoms with Crippen LogP contribution in [-0.2, 0) is 17.9 Å². The summed E-state index contributed by atoms with van der Waals surface area (Å²) in [6.07, 6.45) is 4.01. The summed E-state index contributed by atoms with van der Waals surface area (Å²) in [6, 6.07) is 0.400. The summed E-state index contributed by atoms with van der Waals surface area (Å²) in [5, 5.41) is 13.9. The minimum atomic E-state index is 0.0161. The molecule has 2 N–H and O–H groups in total. The Bertz CT molecular complexity index is 358. The van der Waals surface area contributed by atoms with Gasteiger partial charge in [-0.2, -0.15) is 0 Å². The van der Waals surface area contributed by atoms with E-state index in [4.69, 9.17) is 0 Å². The molecule has 6 nitrogen and oxygen atoms in total. The van der Waals surface area contributed by atoms with Crippen molar-refractivity contribution in [3.63, 3.8) is 0 Å². The monoisotopic (exact) mass is 223 g/mol. The molecule has 0 bridgehead atoms. The second-order valence-corrected chi connectivity index (χ2v) is 4.03. The first-order valence-corrected chi connectivity index (χ1v) is 5.67. The zero-order valence-electron chi connectivity index (χ0n) is 9.44. The van der Waals surface area contributed by atoms with E-state index in [1.54, 1.807) is 10.9 Å². The van der Waals surface area contributed by atoms with Gasteiger partial charge in [0, 0.05) is 12.6 Å². The molecule has 1 heterocycles. The number of hydrogen-bond acceptors (Lipinski definition) is 4. The molecule has 1 amide bonds. The Morgan fingerprint density at radius 2 is 2.44 bits per heavy atom. The molecule has 2 rings (SSSR count). The van der Waals surface area contributed by atoms with Crippen molar-refractivity contribution < 1.29 is 4.79 Å². The van der Waals surface area contributed by atoms with E-state index < -0.39 is 0 Å². The lowest BCUT2D eigenvalue weighted by atomic mass is 10.4. The molecule has 1 saturated carbocycles. The lowest BCUT2D eigenvalue weighted by molar-refractivity contribution is -0.122. The molecule has 16 heavy (non-hydrogen) atoms. The predicted molar refractivity (Wildman–Crippen MR) is 58.6 cm³/mol. The average Bonchev–Trinajstić information content (AvgIpc) is 2.94. The summed E-state index contributed by atoms with van der Waals surface area (Å²) in [5.74, 6) is 0.0161. The van der Waals surface area contributed by atoms with Gasteiger partial charge in [-0.25, -0.2) is 4.68 Å². The Hall–Kier alpha value is -1.43. The number of rotatable bonds is 6. The topological polar surface area (TPSA) is 71.8 Å². The fourth-order valence-corrected chi connectivity index (χ4v) is 1.40. The van der Waals surface area contributed by atoms with Crippen LogP contribution in [-0.4, -0.2) is 33.5 Å². The number of amides is 1. The molecule has 0 saturated heterocycles. The zero-order valence-corrected chi connectivity index (χ0v) is 9.44. The zero-order chi connectivity index (χ0) is 11.4. The Kier molecular flexibility index (Phi) is 3.51. The molecule has 1 aliphatic carbocycles. The molecular formula is C10H17N5O. The van der Waals surface area contributed by atoms with E-state index in [0.717, 1.165) is 25.1 Å². The third-order valence-electron chi connectivity index (χ3n) is 2.39. The molecule has 6 heteroatoms. The van der Waals surface area contributed by atoms with E-state index in [0.29, 0.717) is 12.6 Å². The van der Waals surface area contributed by atoms with Crippen LogP contribution in [0.5, 0.6) is 0 Å². The molecule has 88 valence electrons. The van der Waals surface area contributed by atoms with E-state index in [2.05, 4.69) is 20.9 Å². The smallest absolute Gasteiger partial charge is 0.242 e. The predicted octanol–water partition coefficient (Wildman–Crippen LogP) is -0.334. The first-order chi connectivity index (χ1) is 7.78. The van der Waals surface area contributed by atoms with Crippen LogP contribution in [0.25, 0.3) is 0 Å². The Labute approximate surface area is 94.4 Å². The van der Waals surface area contributed by atoms with Gasteiger partial charge in [0.15, 0.2) is 0 Å². The van der Waals surface area contributed by atoms with Gasteiger partial charge >= 0.3 is 0 Å². The van der Waals surface area contributed by atoms with Crippen molar-refractivity contribution in [3.05, 3.63) is 11.9 Å². The van der Waals surface area contributed by atoms with Crippen LogP contribution in [0.4, 0.5) is 0 Å². The summed E-state index contributed by atoms with van der Waals surface area (Å²) >= 11 is 0. The highest BCUT2D eigenvalue weighted by Crippen LogP contribution is 2.18. The number of aromatic nitrogens is 3. The van der Waals surface area contributed by atoms with Gasteiger partial charge in [0.1, 0.15) is 6.54 Å². The van der Waals surface area contributed by atoms with Crippen LogP contribution >= 0.6 is 0 Å². The van der Waals surface area contributed by atoms with Crippen molar-refractivity contribution in [2.75, 3.05) is 6.54 Å². The maximum absolute atomic E-state index is 11.5. The van der Waals surface area contributed by atoms with Crippen LogP contribution < -0.4 is 10.6 Å². The molecule has 0 unspecified atom stereocenters. The van der Waals surface area contributed by atoms with Gasteiger partial charge in [0.05, 0.1) is 11.9 Å². The molecule has 0 spiro atoms. The van der Waals surface area contributed by atoms with Gasteiger partial charge in [0.2, 0.25) is 5.91 Å². The van der Waals surface area contributed by atoms with Crippen LogP contribution in [0.15, 0.2) is 6.20 Å². The fraction of sp³-hybridized carbons (Fsp3) is 0.700. The standard InChI is InChI=1S/C10H17N5O/c1-2-11-5-9-6-15(14-13-9)7-10(16)12-8-3-4-8/h6,8,11H,2-5,7H2,1H3,(H,12,16). The second kappa shape index (κ2) is 5.07. The first kappa shape index (κ1) is 11.1. The Morgan fingerprint density at radius 3 is 3.12 bits per heavy atom. The summed E-state index contributed by atoms with van der Waals surface area (Å²) in [7, 11) is 0. The number of nitrogens with one attached hydrogen (secondary N) is 2. The SMILES string of the molecule is CCNCc1cn(CC(=O)NC2CC2)nn1. The number of nitrogens with zero attached hydrogens (tertiary/aromatic N) is 3. The number of hydrogen-bond donors (Lipinski definition) is 2. The molecule has 0 aromatic carbocycles. The molecular weight excluding hydrogens is 206 g/mol.